The van der Waals surface area contributed by atoms with Crippen LogP contribution >= 0.6 is 0 Å². The zero-order valence-corrected chi connectivity index (χ0v) is 15.1. The van der Waals surface area contributed by atoms with Crippen molar-refractivity contribution in [2.75, 3.05) is 0 Å². The molecule has 28 heavy (non-hydrogen) atoms. The molecule has 0 unspecified atom stereocenters. The van der Waals surface area contributed by atoms with Crippen LogP contribution in [0.2, 0.25) is 0 Å². The van der Waals surface area contributed by atoms with E-state index >= 15 is 0 Å². The highest BCUT2D eigenvalue weighted by molar-refractivity contribution is 5.73. The Kier molecular flexibility index (Phi) is 3.57. The van der Waals surface area contributed by atoms with Crippen LogP contribution in [0.4, 0.5) is 0 Å². The molecule has 0 amide bonds. The van der Waals surface area contributed by atoms with Gasteiger partial charge < -0.3 is 0 Å². The molecule has 4 rings (SSSR count). The Morgan fingerprint density at radius 1 is 0.929 bits per heavy atom. The molecule has 3 aromatic carbocycles. The zero-order valence-electron chi connectivity index (χ0n) is 20.1. The van der Waals surface area contributed by atoms with Crippen molar-refractivity contribution in [3.8, 4) is 28.5 Å². The number of hydrogen-bond acceptors (Lipinski definition) is 2. The SMILES string of the molecule is [2H]C([2H])([2H])c1cnc(-c2ccc(C#N)c(C([2H])([2H])c3ccccc3)c2)cc1-c1ccccc1. The van der Waals surface area contributed by atoms with E-state index in [-0.39, 0.29) is 16.7 Å². The molecule has 0 N–H and O–H groups in total. The van der Waals surface area contributed by atoms with E-state index in [2.05, 4.69) is 11.1 Å². The van der Waals surface area contributed by atoms with E-state index in [1.165, 1.54) is 6.20 Å². The Hall–Kier alpha value is -3.70. The maximum atomic E-state index is 9.61. The third-order valence-corrected chi connectivity index (χ3v) is 4.48. The topological polar surface area (TPSA) is 36.7 Å². The number of aromatic nitrogens is 1. The summed E-state index contributed by atoms with van der Waals surface area (Å²) in [6.07, 6.45) is -0.544. The fourth-order valence-corrected chi connectivity index (χ4v) is 3.05. The van der Waals surface area contributed by atoms with Gasteiger partial charge in [0.05, 0.1) is 17.3 Å². The molecule has 4 aromatic rings. The maximum absolute atomic E-state index is 9.61. The largest absolute Gasteiger partial charge is 0.256 e. The fourth-order valence-electron chi connectivity index (χ4n) is 3.05. The van der Waals surface area contributed by atoms with Gasteiger partial charge in [-0.05, 0) is 59.2 Å². The van der Waals surface area contributed by atoms with E-state index in [0.717, 1.165) is 5.56 Å². The standard InChI is InChI=1S/C26H20N2/c1-19-18-28-26(16-25(19)21-10-6-3-7-11-21)22-12-13-23(17-27)24(15-22)14-20-8-4-2-5-9-20/h2-13,15-16,18H,14H2,1H3/i1D3,14D2. The average Bonchev–Trinajstić information content (AvgIpc) is 2.84. The second-order valence-electron chi connectivity index (χ2n) is 6.34. The lowest BCUT2D eigenvalue weighted by molar-refractivity contribution is 1.17. The monoisotopic (exact) mass is 365 g/mol. The van der Waals surface area contributed by atoms with Crippen molar-refractivity contribution in [1.82, 2.24) is 4.98 Å². The zero-order chi connectivity index (χ0) is 23.6. The second kappa shape index (κ2) is 7.90. The Bertz CT molecular complexity index is 1320. The number of nitriles is 1. The predicted molar refractivity (Wildman–Crippen MR) is 114 cm³/mol. The first-order chi connectivity index (χ1) is 15.7. The van der Waals surface area contributed by atoms with Gasteiger partial charge in [-0.25, -0.2) is 0 Å². The van der Waals surface area contributed by atoms with E-state index in [0.29, 0.717) is 22.4 Å². The van der Waals surface area contributed by atoms with Gasteiger partial charge in [-0.15, -0.1) is 0 Å². The summed E-state index contributed by atoms with van der Waals surface area (Å²) in [6, 6.07) is 26.6. The molecule has 0 aliphatic carbocycles. The Morgan fingerprint density at radius 2 is 1.68 bits per heavy atom. The summed E-state index contributed by atoms with van der Waals surface area (Å²) >= 11 is 0. The van der Waals surface area contributed by atoms with Gasteiger partial charge in [-0.1, -0.05) is 66.7 Å². The molecule has 0 spiro atoms. The van der Waals surface area contributed by atoms with E-state index in [4.69, 9.17) is 6.85 Å². The molecule has 0 radical (unpaired) electrons. The van der Waals surface area contributed by atoms with Gasteiger partial charge in [0.25, 0.3) is 0 Å². The van der Waals surface area contributed by atoms with Crippen LogP contribution in [0.25, 0.3) is 22.4 Å². The maximum Gasteiger partial charge on any atom is 0.0994 e. The summed E-state index contributed by atoms with van der Waals surface area (Å²) in [5.41, 5.74) is 3.43. The Labute approximate surface area is 172 Å². The lowest BCUT2D eigenvalue weighted by atomic mass is 9.95. The van der Waals surface area contributed by atoms with Crippen LogP contribution in [0.5, 0.6) is 0 Å². The molecule has 0 saturated heterocycles. The molecule has 2 nitrogen and oxygen atoms in total. The van der Waals surface area contributed by atoms with Gasteiger partial charge >= 0.3 is 0 Å². The molecule has 0 aliphatic rings. The highest BCUT2D eigenvalue weighted by Gasteiger charge is 2.10. The molecule has 0 atom stereocenters. The molecule has 1 heterocycles. The Balaban J connectivity index is 1.89. The third-order valence-electron chi connectivity index (χ3n) is 4.48. The molecular formula is C26H20N2. The van der Waals surface area contributed by atoms with Crippen molar-refractivity contribution in [3.63, 3.8) is 0 Å². The first-order valence-corrected chi connectivity index (χ1v) is 8.88. The van der Waals surface area contributed by atoms with Crippen LogP contribution < -0.4 is 0 Å². The van der Waals surface area contributed by atoms with Gasteiger partial charge in [0.2, 0.25) is 0 Å². The summed E-state index contributed by atoms with van der Waals surface area (Å²) < 4.78 is 41.2. The second-order valence-corrected chi connectivity index (χ2v) is 6.34. The fraction of sp³-hybridized carbons (Fsp3) is 0.0769. The lowest BCUT2D eigenvalue weighted by Crippen LogP contribution is -1.95. The summed E-state index contributed by atoms with van der Waals surface area (Å²) in [7, 11) is 0. The van der Waals surface area contributed by atoms with Crippen LogP contribution in [-0.2, 0) is 6.37 Å². The highest BCUT2D eigenvalue weighted by atomic mass is 14.7. The van der Waals surface area contributed by atoms with Crippen molar-refractivity contribution < 1.29 is 6.85 Å². The number of aryl methyl sites for hydroxylation is 1. The highest BCUT2D eigenvalue weighted by Crippen LogP contribution is 2.29. The first kappa shape index (κ1) is 12.6. The number of hydrogen-bond donors (Lipinski definition) is 0. The van der Waals surface area contributed by atoms with Gasteiger partial charge in [0.1, 0.15) is 0 Å². The quantitative estimate of drug-likeness (QED) is 0.432. The van der Waals surface area contributed by atoms with E-state index in [1.807, 2.05) is 36.4 Å². The van der Waals surface area contributed by atoms with Gasteiger partial charge in [-0.2, -0.15) is 5.26 Å². The van der Waals surface area contributed by atoms with Crippen molar-refractivity contribution in [2.24, 2.45) is 0 Å². The van der Waals surface area contributed by atoms with Crippen molar-refractivity contribution in [1.29, 1.82) is 5.26 Å². The van der Waals surface area contributed by atoms with Crippen molar-refractivity contribution >= 4 is 0 Å². The Morgan fingerprint density at radius 3 is 2.39 bits per heavy atom. The third kappa shape index (κ3) is 3.70. The van der Waals surface area contributed by atoms with Crippen LogP contribution in [0.15, 0.2) is 91.1 Å². The summed E-state index contributed by atoms with van der Waals surface area (Å²) in [4.78, 5) is 4.39. The summed E-state index contributed by atoms with van der Waals surface area (Å²) in [6.45, 7) is -2.34. The van der Waals surface area contributed by atoms with Gasteiger partial charge in [0, 0.05) is 18.6 Å². The molecule has 0 fully saturated rings. The summed E-state index contributed by atoms with van der Waals surface area (Å²) in [5.74, 6) is 0. The number of benzene rings is 3. The summed E-state index contributed by atoms with van der Waals surface area (Å²) in [5, 5.41) is 9.61. The number of nitrogens with zero attached hydrogens (tertiary/aromatic N) is 2. The molecule has 0 saturated carbocycles. The van der Waals surface area contributed by atoms with Crippen LogP contribution in [0, 0.1) is 18.2 Å². The molecular weight excluding hydrogens is 340 g/mol. The van der Waals surface area contributed by atoms with Gasteiger partial charge in [0.15, 0.2) is 0 Å². The van der Waals surface area contributed by atoms with E-state index < -0.39 is 13.2 Å². The predicted octanol–water partition coefficient (Wildman–Crippen LogP) is 6.19. The van der Waals surface area contributed by atoms with Crippen molar-refractivity contribution in [2.45, 2.75) is 13.2 Å². The van der Waals surface area contributed by atoms with Crippen LogP contribution in [0.1, 0.15) is 29.1 Å². The molecule has 0 aliphatic heterocycles. The smallest absolute Gasteiger partial charge is 0.0994 e. The van der Waals surface area contributed by atoms with Crippen LogP contribution in [-0.4, -0.2) is 4.98 Å². The molecule has 1 aromatic heterocycles. The minimum absolute atomic E-state index is 0.144. The minimum atomic E-state index is -2.34. The number of rotatable bonds is 4. The van der Waals surface area contributed by atoms with Crippen molar-refractivity contribution in [3.05, 3.63) is 113 Å². The average molecular weight is 365 g/mol. The first-order valence-electron chi connectivity index (χ1n) is 11.4. The number of pyridine rings is 1. The minimum Gasteiger partial charge on any atom is -0.256 e. The normalized spacial score (nSPS) is 14.0. The van der Waals surface area contributed by atoms with E-state index in [9.17, 15) is 5.26 Å². The van der Waals surface area contributed by atoms with E-state index in [1.54, 1.807) is 48.5 Å². The van der Waals surface area contributed by atoms with Crippen LogP contribution in [0.3, 0.4) is 0 Å². The molecule has 2 heteroatoms. The van der Waals surface area contributed by atoms with Gasteiger partial charge in [-0.3, -0.25) is 4.98 Å². The lowest BCUT2D eigenvalue weighted by Gasteiger charge is -2.11. The molecule has 0 bridgehead atoms. The molecule has 134 valence electrons.